The standard InChI is InChI=1S/C15H33N3/c1-5-14(3)18(4)11-10-16-13(2)12-15-8-6-7-9-17-15/h13-17H,5-12H2,1-4H3. The first-order valence-corrected chi connectivity index (χ1v) is 7.80. The first-order valence-electron chi connectivity index (χ1n) is 7.80. The van der Waals surface area contributed by atoms with E-state index in [0.29, 0.717) is 12.1 Å². The Labute approximate surface area is 114 Å². The summed E-state index contributed by atoms with van der Waals surface area (Å²) in [6.45, 7) is 10.3. The van der Waals surface area contributed by atoms with Crippen LogP contribution in [0, 0.1) is 0 Å². The van der Waals surface area contributed by atoms with Gasteiger partial charge >= 0.3 is 0 Å². The van der Waals surface area contributed by atoms with Gasteiger partial charge in [-0.3, -0.25) is 0 Å². The van der Waals surface area contributed by atoms with Gasteiger partial charge in [0.1, 0.15) is 0 Å². The van der Waals surface area contributed by atoms with Crippen molar-refractivity contribution >= 4 is 0 Å². The van der Waals surface area contributed by atoms with Crippen molar-refractivity contribution in [2.45, 2.75) is 71.0 Å². The molecule has 3 atom stereocenters. The van der Waals surface area contributed by atoms with Crippen LogP contribution < -0.4 is 10.6 Å². The maximum atomic E-state index is 3.66. The van der Waals surface area contributed by atoms with Gasteiger partial charge in [-0.2, -0.15) is 0 Å². The van der Waals surface area contributed by atoms with E-state index in [1.54, 1.807) is 0 Å². The Balaban J connectivity index is 2.07. The summed E-state index contributed by atoms with van der Waals surface area (Å²) in [5.74, 6) is 0. The zero-order valence-electron chi connectivity index (χ0n) is 12.8. The Morgan fingerprint density at radius 2 is 2.11 bits per heavy atom. The minimum atomic E-state index is 0.630. The Kier molecular flexibility index (Phi) is 7.87. The van der Waals surface area contributed by atoms with E-state index in [1.807, 2.05) is 0 Å². The minimum absolute atomic E-state index is 0.630. The highest BCUT2D eigenvalue weighted by Crippen LogP contribution is 2.11. The quantitative estimate of drug-likeness (QED) is 0.696. The summed E-state index contributed by atoms with van der Waals surface area (Å²) in [5, 5.41) is 7.28. The van der Waals surface area contributed by atoms with E-state index in [1.165, 1.54) is 38.6 Å². The maximum absolute atomic E-state index is 3.66. The molecular formula is C15H33N3. The summed E-state index contributed by atoms with van der Waals surface area (Å²) in [7, 11) is 2.23. The molecular weight excluding hydrogens is 222 g/mol. The van der Waals surface area contributed by atoms with Crippen LogP contribution in [0.5, 0.6) is 0 Å². The molecule has 0 aromatic carbocycles. The molecule has 3 unspecified atom stereocenters. The lowest BCUT2D eigenvalue weighted by atomic mass is 9.99. The van der Waals surface area contributed by atoms with E-state index >= 15 is 0 Å². The predicted molar refractivity (Wildman–Crippen MR) is 80.1 cm³/mol. The first-order chi connectivity index (χ1) is 8.63. The van der Waals surface area contributed by atoms with Crippen LogP contribution in [-0.4, -0.2) is 49.7 Å². The topological polar surface area (TPSA) is 27.3 Å². The van der Waals surface area contributed by atoms with Crippen molar-refractivity contribution in [1.82, 2.24) is 15.5 Å². The molecule has 1 aliphatic heterocycles. The molecule has 0 amide bonds. The van der Waals surface area contributed by atoms with Crippen LogP contribution in [0.3, 0.4) is 0 Å². The van der Waals surface area contributed by atoms with E-state index in [2.05, 4.69) is 43.4 Å². The molecule has 0 aromatic rings. The lowest BCUT2D eigenvalue weighted by Crippen LogP contribution is -2.42. The fraction of sp³-hybridized carbons (Fsp3) is 1.00. The highest BCUT2D eigenvalue weighted by molar-refractivity contribution is 4.77. The second kappa shape index (κ2) is 8.89. The molecule has 1 heterocycles. The molecule has 18 heavy (non-hydrogen) atoms. The third kappa shape index (κ3) is 6.17. The molecule has 0 saturated carbocycles. The predicted octanol–water partition coefficient (Wildman–Crippen LogP) is 2.23. The van der Waals surface area contributed by atoms with Gasteiger partial charge in [0.15, 0.2) is 0 Å². The number of hydrogen-bond donors (Lipinski definition) is 2. The van der Waals surface area contributed by atoms with Gasteiger partial charge in [0.2, 0.25) is 0 Å². The van der Waals surface area contributed by atoms with Crippen molar-refractivity contribution in [3.63, 3.8) is 0 Å². The zero-order valence-corrected chi connectivity index (χ0v) is 12.8. The molecule has 108 valence electrons. The molecule has 0 bridgehead atoms. The molecule has 2 N–H and O–H groups in total. The van der Waals surface area contributed by atoms with Crippen LogP contribution >= 0.6 is 0 Å². The van der Waals surface area contributed by atoms with Crippen LogP contribution in [-0.2, 0) is 0 Å². The largest absolute Gasteiger partial charge is 0.314 e. The van der Waals surface area contributed by atoms with E-state index in [4.69, 9.17) is 0 Å². The molecule has 1 saturated heterocycles. The number of piperidine rings is 1. The zero-order chi connectivity index (χ0) is 13.4. The van der Waals surface area contributed by atoms with Crippen molar-refractivity contribution in [2.24, 2.45) is 0 Å². The van der Waals surface area contributed by atoms with Gasteiger partial charge in [0.25, 0.3) is 0 Å². The molecule has 1 aliphatic rings. The van der Waals surface area contributed by atoms with Gasteiger partial charge in [-0.15, -0.1) is 0 Å². The van der Waals surface area contributed by atoms with Crippen molar-refractivity contribution in [2.75, 3.05) is 26.7 Å². The van der Waals surface area contributed by atoms with E-state index in [-0.39, 0.29) is 0 Å². The van der Waals surface area contributed by atoms with E-state index < -0.39 is 0 Å². The lowest BCUT2D eigenvalue weighted by molar-refractivity contribution is 0.245. The molecule has 0 aliphatic carbocycles. The highest BCUT2D eigenvalue weighted by Gasteiger charge is 2.15. The SMILES string of the molecule is CCC(C)N(C)CCNC(C)CC1CCCCN1. The van der Waals surface area contributed by atoms with E-state index in [9.17, 15) is 0 Å². The van der Waals surface area contributed by atoms with Crippen LogP contribution in [0.2, 0.25) is 0 Å². The minimum Gasteiger partial charge on any atom is -0.314 e. The summed E-state index contributed by atoms with van der Waals surface area (Å²) < 4.78 is 0. The second-order valence-electron chi connectivity index (χ2n) is 5.98. The van der Waals surface area contributed by atoms with Crippen molar-refractivity contribution in [3.05, 3.63) is 0 Å². The number of likely N-dealkylation sites (N-methyl/N-ethyl adjacent to an activating group) is 1. The third-order valence-corrected chi connectivity index (χ3v) is 4.35. The van der Waals surface area contributed by atoms with Crippen LogP contribution in [0.1, 0.15) is 52.9 Å². The molecule has 0 aromatic heterocycles. The van der Waals surface area contributed by atoms with Gasteiger partial charge < -0.3 is 15.5 Å². The molecule has 3 nitrogen and oxygen atoms in total. The highest BCUT2D eigenvalue weighted by atomic mass is 15.1. The monoisotopic (exact) mass is 255 g/mol. The van der Waals surface area contributed by atoms with Crippen molar-refractivity contribution in [3.8, 4) is 0 Å². The number of hydrogen-bond acceptors (Lipinski definition) is 3. The normalized spacial score (nSPS) is 24.2. The van der Waals surface area contributed by atoms with Crippen LogP contribution in [0.4, 0.5) is 0 Å². The molecule has 1 rings (SSSR count). The van der Waals surface area contributed by atoms with Gasteiger partial charge in [-0.05, 0) is 53.1 Å². The first kappa shape index (κ1) is 15.9. The Hall–Kier alpha value is -0.120. The van der Waals surface area contributed by atoms with Gasteiger partial charge in [0.05, 0.1) is 0 Å². The second-order valence-corrected chi connectivity index (χ2v) is 5.98. The lowest BCUT2D eigenvalue weighted by Gasteiger charge is -2.28. The molecule has 1 fully saturated rings. The summed E-state index contributed by atoms with van der Waals surface area (Å²) in [6, 6.07) is 2.07. The average Bonchev–Trinajstić information content (AvgIpc) is 2.38. The number of nitrogens with one attached hydrogen (secondary N) is 2. The number of rotatable bonds is 8. The van der Waals surface area contributed by atoms with Crippen LogP contribution in [0.25, 0.3) is 0 Å². The molecule has 3 heteroatoms. The van der Waals surface area contributed by atoms with Crippen molar-refractivity contribution in [1.29, 1.82) is 0 Å². The smallest absolute Gasteiger partial charge is 0.0107 e. The summed E-state index contributed by atoms with van der Waals surface area (Å²) in [4.78, 5) is 2.44. The average molecular weight is 255 g/mol. The Morgan fingerprint density at radius 1 is 1.33 bits per heavy atom. The van der Waals surface area contributed by atoms with Gasteiger partial charge in [0, 0.05) is 31.2 Å². The molecule has 0 radical (unpaired) electrons. The fourth-order valence-corrected chi connectivity index (χ4v) is 2.65. The van der Waals surface area contributed by atoms with Gasteiger partial charge in [-0.25, -0.2) is 0 Å². The van der Waals surface area contributed by atoms with E-state index in [0.717, 1.165) is 19.1 Å². The molecule has 0 spiro atoms. The summed E-state index contributed by atoms with van der Waals surface area (Å²) in [5.41, 5.74) is 0. The van der Waals surface area contributed by atoms with Gasteiger partial charge in [-0.1, -0.05) is 13.3 Å². The number of nitrogens with zero attached hydrogens (tertiary/aromatic N) is 1. The van der Waals surface area contributed by atoms with Crippen LogP contribution in [0.15, 0.2) is 0 Å². The third-order valence-electron chi connectivity index (χ3n) is 4.35. The Morgan fingerprint density at radius 3 is 2.72 bits per heavy atom. The van der Waals surface area contributed by atoms with Crippen molar-refractivity contribution < 1.29 is 0 Å². The maximum Gasteiger partial charge on any atom is 0.0107 e. The summed E-state index contributed by atoms with van der Waals surface area (Å²) >= 11 is 0. The Bertz CT molecular complexity index is 202. The fourth-order valence-electron chi connectivity index (χ4n) is 2.65. The summed E-state index contributed by atoms with van der Waals surface area (Å²) in [6.07, 6.45) is 6.63.